The minimum Gasteiger partial charge on any atom is -0.324 e. The van der Waals surface area contributed by atoms with E-state index in [0.717, 1.165) is 0 Å². The third-order valence-electron chi connectivity index (χ3n) is 13.2. The molecule has 12 nitrogen and oxygen atoms in total. The standard InChI is InChI=1S/C49H56O12P4/c50-62(51,52)46(40-22-7-1-8-23-40,36-20-38-48(64(56,57)58,42-26-11-3-12-27-42)43-28-13-4-14-29-43)34-19-35-47(63(53,54)55,41-24-9-2-10-25-41)37-21-39-49(65(59,60)61,44-30-15-5-16-31-44)45-32-17-6-18-33-45/h1-18,22-33H,19-21,34-39H2,(H2,50,51,52)(H2,53,54,55)(H2,56,57,58)(H2,59,60,61). The summed E-state index contributed by atoms with van der Waals surface area (Å²) in [5.41, 5.74) is 1.84. The van der Waals surface area contributed by atoms with E-state index in [2.05, 4.69) is 0 Å². The molecule has 6 aromatic carbocycles. The van der Waals surface area contributed by atoms with Crippen molar-refractivity contribution in [3.63, 3.8) is 0 Å². The molecule has 0 aliphatic rings. The summed E-state index contributed by atoms with van der Waals surface area (Å²) in [6.45, 7) is 0. The van der Waals surface area contributed by atoms with Crippen LogP contribution in [0.2, 0.25) is 0 Å². The van der Waals surface area contributed by atoms with Gasteiger partial charge < -0.3 is 39.1 Å². The quantitative estimate of drug-likeness (QED) is 0.0297. The van der Waals surface area contributed by atoms with Gasteiger partial charge in [-0.3, -0.25) is 18.3 Å². The molecule has 0 bridgehead atoms. The molecule has 6 aromatic rings. The molecule has 65 heavy (non-hydrogen) atoms. The minimum atomic E-state index is -5.19. The maximum atomic E-state index is 14.1. The average Bonchev–Trinajstić information content (AvgIpc) is 3.28. The van der Waals surface area contributed by atoms with Gasteiger partial charge in [-0.1, -0.05) is 201 Å². The van der Waals surface area contributed by atoms with Gasteiger partial charge in [0.15, 0.2) is 0 Å². The molecule has 0 aliphatic heterocycles. The summed E-state index contributed by atoms with van der Waals surface area (Å²) in [5, 5.41) is -7.68. The SMILES string of the molecule is O=P(O)(O)C(CCCC(CCCC(c1ccccc1)(c1ccccc1)P(=O)(O)O)(c1ccccc1)P(=O)(O)O)(CCCC(c1ccccc1)(c1ccccc1)P(=O)(O)O)c1ccccc1. The van der Waals surface area contributed by atoms with Crippen LogP contribution in [0.5, 0.6) is 0 Å². The van der Waals surface area contributed by atoms with Gasteiger partial charge in [-0.05, 0) is 71.9 Å². The number of benzene rings is 6. The first-order valence-corrected chi connectivity index (χ1v) is 27.8. The van der Waals surface area contributed by atoms with E-state index in [-0.39, 0.29) is 68.9 Å². The second kappa shape index (κ2) is 20.4. The summed E-state index contributed by atoms with van der Waals surface area (Å²) in [6.07, 6.45) is -1.79. The van der Waals surface area contributed by atoms with E-state index in [0.29, 0.717) is 22.3 Å². The first-order chi connectivity index (χ1) is 30.8. The van der Waals surface area contributed by atoms with Crippen molar-refractivity contribution in [3.8, 4) is 0 Å². The van der Waals surface area contributed by atoms with E-state index in [9.17, 15) is 57.4 Å². The molecule has 0 amide bonds. The zero-order chi connectivity index (χ0) is 47.0. The Hall–Kier alpha value is -4.08. The van der Waals surface area contributed by atoms with Crippen LogP contribution in [0.4, 0.5) is 0 Å². The lowest BCUT2D eigenvalue weighted by atomic mass is 9.80. The molecule has 0 heterocycles. The molecular formula is C49H56O12P4. The van der Waals surface area contributed by atoms with Crippen LogP contribution in [-0.4, -0.2) is 39.1 Å². The van der Waals surface area contributed by atoms with Crippen molar-refractivity contribution in [3.05, 3.63) is 215 Å². The molecule has 0 spiro atoms. The lowest BCUT2D eigenvalue weighted by molar-refractivity contribution is 0.274. The van der Waals surface area contributed by atoms with E-state index < -0.39 is 51.0 Å². The maximum Gasteiger partial charge on any atom is 0.340 e. The van der Waals surface area contributed by atoms with Gasteiger partial charge in [-0.15, -0.1) is 0 Å². The first kappa shape index (κ1) is 50.3. The summed E-state index contributed by atoms with van der Waals surface area (Å²) in [4.78, 5) is 90.6. The third-order valence-corrected chi connectivity index (χ3v) is 20.3. The predicted octanol–water partition coefficient (Wildman–Crippen LogP) is 10.9. The summed E-state index contributed by atoms with van der Waals surface area (Å²) >= 11 is 0. The van der Waals surface area contributed by atoms with Crippen LogP contribution in [0, 0.1) is 0 Å². The van der Waals surface area contributed by atoms with Gasteiger partial charge in [0.1, 0.15) is 10.3 Å². The topological polar surface area (TPSA) is 230 Å². The van der Waals surface area contributed by atoms with E-state index in [1.54, 1.807) is 182 Å². The molecule has 0 fully saturated rings. The van der Waals surface area contributed by atoms with Crippen molar-refractivity contribution >= 4 is 30.4 Å². The Labute approximate surface area is 380 Å². The molecule has 0 aliphatic carbocycles. The van der Waals surface area contributed by atoms with Crippen molar-refractivity contribution < 1.29 is 57.4 Å². The Balaban J connectivity index is 1.40. The molecule has 2 unspecified atom stereocenters. The van der Waals surface area contributed by atoms with Gasteiger partial charge in [-0.2, -0.15) is 0 Å². The van der Waals surface area contributed by atoms with E-state index >= 15 is 0 Å². The Morgan fingerprint density at radius 3 is 0.631 bits per heavy atom. The van der Waals surface area contributed by atoms with Gasteiger partial charge in [-0.25, -0.2) is 0 Å². The zero-order valence-electron chi connectivity index (χ0n) is 35.7. The van der Waals surface area contributed by atoms with Crippen molar-refractivity contribution in [2.24, 2.45) is 0 Å². The lowest BCUT2D eigenvalue weighted by Gasteiger charge is -2.41. The molecule has 0 aromatic heterocycles. The largest absolute Gasteiger partial charge is 0.340 e. The van der Waals surface area contributed by atoms with Crippen molar-refractivity contribution in [2.45, 2.75) is 78.4 Å². The van der Waals surface area contributed by atoms with Crippen LogP contribution >= 0.6 is 30.4 Å². The molecule has 6 rings (SSSR count). The van der Waals surface area contributed by atoms with Crippen LogP contribution in [0.1, 0.15) is 91.2 Å². The number of hydrogen-bond acceptors (Lipinski definition) is 4. The van der Waals surface area contributed by atoms with Gasteiger partial charge >= 0.3 is 30.4 Å². The summed E-state index contributed by atoms with van der Waals surface area (Å²) < 4.78 is 55.8. The maximum absolute atomic E-state index is 14.1. The number of rotatable bonds is 22. The van der Waals surface area contributed by atoms with Gasteiger partial charge in [0, 0.05) is 0 Å². The molecule has 0 radical (unpaired) electrons. The fourth-order valence-corrected chi connectivity index (χ4v) is 15.5. The van der Waals surface area contributed by atoms with Crippen molar-refractivity contribution in [1.82, 2.24) is 0 Å². The predicted molar refractivity (Wildman–Crippen MR) is 253 cm³/mol. The van der Waals surface area contributed by atoms with E-state index in [1.165, 1.54) is 0 Å². The molecule has 344 valence electrons. The van der Waals surface area contributed by atoms with Crippen LogP contribution < -0.4 is 0 Å². The number of hydrogen-bond donors (Lipinski definition) is 8. The Bertz CT molecular complexity index is 2370. The fourth-order valence-electron chi connectivity index (χ4n) is 9.92. The normalized spacial score (nSPS) is 14.9. The summed E-state index contributed by atoms with van der Waals surface area (Å²) in [5.74, 6) is 0. The van der Waals surface area contributed by atoms with Crippen LogP contribution in [-0.2, 0) is 38.9 Å². The van der Waals surface area contributed by atoms with E-state index in [4.69, 9.17) is 0 Å². The van der Waals surface area contributed by atoms with Gasteiger partial charge in [0.2, 0.25) is 0 Å². The van der Waals surface area contributed by atoms with Gasteiger partial charge in [0.05, 0.1) is 10.3 Å². The second-order valence-corrected chi connectivity index (χ2v) is 24.3. The zero-order valence-corrected chi connectivity index (χ0v) is 39.3. The lowest BCUT2D eigenvalue weighted by Crippen LogP contribution is -2.32. The second-order valence-electron chi connectivity index (χ2n) is 16.7. The Morgan fingerprint density at radius 2 is 0.446 bits per heavy atom. The Kier molecular flexibility index (Phi) is 15.8. The summed E-state index contributed by atoms with van der Waals surface area (Å²) in [7, 11) is -20.5. The smallest absolute Gasteiger partial charge is 0.324 e. The minimum absolute atomic E-state index is 0.0827. The van der Waals surface area contributed by atoms with Crippen molar-refractivity contribution in [1.29, 1.82) is 0 Å². The highest BCUT2D eigenvalue weighted by atomic mass is 31.2. The molecule has 0 saturated heterocycles. The van der Waals surface area contributed by atoms with Crippen molar-refractivity contribution in [2.75, 3.05) is 0 Å². The molecule has 2 atom stereocenters. The molecule has 8 N–H and O–H groups in total. The van der Waals surface area contributed by atoms with Crippen LogP contribution in [0.15, 0.2) is 182 Å². The first-order valence-electron chi connectivity index (χ1n) is 21.3. The van der Waals surface area contributed by atoms with E-state index in [1.807, 2.05) is 0 Å². The van der Waals surface area contributed by atoms with Crippen LogP contribution in [0.25, 0.3) is 0 Å². The highest BCUT2D eigenvalue weighted by molar-refractivity contribution is 7.54. The average molecular weight is 961 g/mol. The molecular weight excluding hydrogens is 904 g/mol. The highest BCUT2D eigenvalue weighted by Gasteiger charge is 2.55. The molecule has 16 heteroatoms. The van der Waals surface area contributed by atoms with Crippen LogP contribution in [0.3, 0.4) is 0 Å². The highest BCUT2D eigenvalue weighted by Crippen LogP contribution is 2.69. The monoisotopic (exact) mass is 960 g/mol. The fraction of sp³-hybridized carbons (Fsp3) is 0.265. The molecule has 0 saturated carbocycles. The Morgan fingerprint density at radius 1 is 0.262 bits per heavy atom. The van der Waals surface area contributed by atoms with Gasteiger partial charge in [0.25, 0.3) is 0 Å². The summed E-state index contributed by atoms with van der Waals surface area (Å²) in [6, 6.07) is 49.4. The third kappa shape index (κ3) is 10.3.